The van der Waals surface area contributed by atoms with E-state index in [-0.39, 0.29) is 17.5 Å². The summed E-state index contributed by atoms with van der Waals surface area (Å²) in [6.45, 7) is 2.14. The third-order valence-corrected chi connectivity index (χ3v) is 4.14. The second-order valence-electron chi connectivity index (χ2n) is 5.75. The molecule has 1 amide bonds. The number of amides is 1. The van der Waals surface area contributed by atoms with Gasteiger partial charge >= 0.3 is 0 Å². The van der Waals surface area contributed by atoms with Crippen molar-refractivity contribution in [3.8, 4) is 12.1 Å². The molecule has 0 aliphatic heterocycles. The summed E-state index contributed by atoms with van der Waals surface area (Å²) in [6, 6.07) is 11.0. The Labute approximate surface area is 131 Å². The van der Waals surface area contributed by atoms with Crippen LogP contribution in [0.5, 0.6) is 0 Å². The highest BCUT2D eigenvalue weighted by molar-refractivity contribution is 6.01. The molecular formula is C18H19N3O. The lowest BCUT2D eigenvalue weighted by molar-refractivity contribution is -0.118. The number of nitrogens with zero attached hydrogens (tertiary/aromatic N) is 2. The van der Waals surface area contributed by atoms with Gasteiger partial charge < -0.3 is 5.32 Å². The number of carbonyl (C=O) groups excluding carboxylic acids is 1. The molecular weight excluding hydrogens is 274 g/mol. The summed E-state index contributed by atoms with van der Waals surface area (Å²) >= 11 is 0. The van der Waals surface area contributed by atoms with Crippen LogP contribution in [0.25, 0.3) is 6.08 Å². The molecule has 0 spiro atoms. The van der Waals surface area contributed by atoms with Crippen molar-refractivity contribution in [2.24, 2.45) is 5.92 Å². The van der Waals surface area contributed by atoms with Crippen molar-refractivity contribution in [3.05, 3.63) is 41.0 Å². The molecule has 112 valence electrons. The third-order valence-electron chi connectivity index (χ3n) is 4.14. The second kappa shape index (κ2) is 7.43. The van der Waals surface area contributed by atoms with E-state index in [1.165, 1.54) is 6.42 Å². The molecule has 0 aromatic heterocycles. The maximum Gasteiger partial charge on any atom is 0.262 e. The lowest BCUT2D eigenvalue weighted by atomic mass is 9.86. The minimum atomic E-state index is -0.314. The van der Waals surface area contributed by atoms with Crippen LogP contribution in [0.15, 0.2) is 29.8 Å². The van der Waals surface area contributed by atoms with Gasteiger partial charge in [0.25, 0.3) is 5.91 Å². The van der Waals surface area contributed by atoms with Gasteiger partial charge in [-0.15, -0.1) is 0 Å². The minimum absolute atomic E-state index is 0.0995. The van der Waals surface area contributed by atoms with Crippen LogP contribution in [-0.2, 0) is 4.79 Å². The third kappa shape index (κ3) is 3.96. The van der Waals surface area contributed by atoms with E-state index >= 15 is 0 Å². The summed E-state index contributed by atoms with van der Waals surface area (Å²) in [5, 5.41) is 21.0. The quantitative estimate of drug-likeness (QED) is 0.687. The second-order valence-corrected chi connectivity index (χ2v) is 5.75. The Kier molecular flexibility index (Phi) is 5.33. The number of rotatable bonds is 3. The normalized spacial score (nSPS) is 21.5. The van der Waals surface area contributed by atoms with Crippen molar-refractivity contribution in [2.75, 3.05) is 0 Å². The van der Waals surface area contributed by atoms with Gasteiger partial charge in [-0.05, 0) is 42.5 Å². The van der Waals surface area contributed by atoms with Crippen LogP contribution in [-0.4, -0.2) is 11.9 Å². The lowest BCUT2D eigenvalue weighted by Crippen LogP contribution is -2.41. The number of nitriles is 2. The van der Waals surface area contributed by atoms with E-state index in [1.807, 2.05) is 12.1 Å². The molecule has 4 heteroatoms. The van der Waals surface area contributed by atoms with Crippen molar-refractivity contribution < 1.29 is 4.79 Å². The summed E-state index contributed by atoms with van der Waals surface area (Å²) in [5.74, 6) is 0.137. The van der Waals surface area contributed by atoms with Gasteiger partial charge in [0.2, 0.25) is 0 Å². The standard InChI is InChI=1S/C18H19N3O/c1-13-4-2-3-5-17(13)21-18(22)16(12-20)10-14-6-8-15(11-19)9-7-14/h6-10,13,17H,2-5H2,1H3,(H,21,22)/b16-10+/t13-,17-/m0/s1. The van der Waals surface area contributed by atoms with Crippen molar-refractivity contribution in [1.82, 2.24) is 5.32 Å². The number of hydrogen-bond donors (Lipinski definition) is 1. The average Bonchev–Trinajstić information content (AvgIpc) is 2.55. The summed E-state index contributed by atoms with van der Waals surface area (Å²) in [6.07, 6.45) is 5.98. The molecule has 1 aromatic rings. The van der Waals surface area contributed by atoms with Crippen LogP contribution in [0, 0.1) is 28.6 Å². The van der Waals surface area contributed by atoms with Crippen LogP contribution in [0.3, 0.4) is 0 Å². The fourth-order valence-corrected chi connectivity index (χ4v) is 2.75. The zero-order chi connectivity index (χ0) is 15.9. The molecule has 1 N–H and O–H groups in total. The van der Waals surface area contributed by atoms with Crippen LogP contribution in [0.2, 0.25) is 0 Å². The molecule has 1 aliphatic rings. The molecule has 1 fully saturated rings. The minimum Gasteiger partial charge on any atom is -0.348 e. The zero-order valence-corrected chi connectivity index (χ0v) is 12.7. The maximum atomic E-state index is 12.3. The number of benzene rings is 1. The van der Waals surface area contributed by atoms with Gasteiger partial charge in [0, 0.05) is 6.04 Å². The van der Waals surface area contributed by atoms with Gasteiger partial charge in [-0.1, -0.05) is 31.9 Å². The topological polar surface area (TPSA) is 76.7 Å². The summed E-state index contributed by atoms with van der Waals surface area (Å²) < 4.78 is 0. The van der Waals surface area contributed by atoms with E-state index in [0.717, 1.165) is 24.8 Å². The maximum absolute atomic E-state index is 12.3. The van der Waals surface area contributed by atoms with Crippen LogP contribution in [0.4, 0.5) is 0 Å². The highest BCUT2D eigenvalue weighted by Gasteiger charge is 2.23. The first-order chi connectivity index (χ1) is 10.6. The van der Waals surface area contributed by atoms with Gasteiger partial charge in [-0.25, -0.2) is 0 Å². The Hall–Kier alpha value is -2.59. The van der Waals surface area contributed by atoms with Crippen molar-refractivity contribution in [2.45, 2.75) is 38.6 Å². The molecule has 1 saturated carbocycles. The predicted molar refractivity (Wildman–Crippen MR) is 84.3 cm³/mol. The lowest BCUT2D eigenvalue weighted by Gasteiger charge is -2.29. The Balaban J connectivity index is 2.09. The van der Waals surface area contributed by atoms with E-state index < -0.39 is 0 Å². The van der Waals surface area contributed by atoms with Crippen molar-refractivity contribution >= 4 is 12.0 Å². The Morgan fingerprint density at radius 3 is 2.50 bits per heavy atom. The number of carbonyl (C=O) groups is 1. The van der Waals surface area contributed by atoms with Crippen molar-refractivity contribution in [3.63, 3.8) is 0 Å². The SMILES string of the molecule is C[C@H]1CCCC[C@@H]1NC(=O)/C(C#N)=C/c1ccc(C#N)cc1. The Morgan fingerprint density at radius 2 is 1.91 bits per heavy atom. The average molecular weight is 293 g/mol. The number of hydrogen-bond acceptors (Lipinski definition) is 3. The van der Waals surface area contributed by atoms with E-state index in [9.17, 15) is 10.1 Å². The Bertz CT molecular complexity index is 646. The first-order valence-corrected chi connectivity index (χ1v) is 7.57. The van der Waals surface area contributed by atoms with E-state index in [1.54, 1.807) is 30.3 Å². The highest BCUT2D eigenvalue weighted by Crippen LogP contribution is 2.24. The summed E-state index contributed by atoms with van der Waals surface area (Å²) in [7, 11) is 0. The smallest absolute Gasteiger partial charge is 0.262 e. The van der Waals surface area contributed by atoms with Gasteiger partial charge in [0.1, 0.15) is 11.6 Å². The molecule has 1 aliphatic carbocycles. The monoisotopic (exact) mass is 293 g/mol. The molecule has 22 heavy (non-hydrogen) atoms. The van der Waals surface area contributed by atoms with E-state index in [2.05, 4.69) is 12.2 Å². The molecule has 1 aromatic carbocycles. The summed E-state index contributed by atoms with van der Waals surface area (Å²) in [5.41, 5.74) is 1.39. The zero-order valence-electron chi connectivity index (χ0n) is 12.7. The molecule has 4 nitrogen and oxygen atoms in total. The highest BCUT2D eigenvalue weighted by atomic mass is 16.1. The van der Waals surface area contributed by atoms with Gasteiger partial charge in [-0.2, -0.15) is 10.5 Å². The largest absolute Gasteiger partial charge is 0.348 e. The van der Waals surface area contributed by atoms with Gasteiger partial charge in [0.05, 0.1) is 11.6 Å². The fourth-order valence-electron chi connectivity index (χ4n) is 2.75. The van der Waals surface area contributed by atoms with E-state index in [4.69, 9.17) is 5.26 Å². The first-order valence-electron chi connectivity index (χ1n) is 7.57. The molecule has 2 atom stereocenters. The fraction of sp³-hybridized carbons (Fsp3) is 0.389. The number of nitrogens with one attached hydrogen (secondary N) is 1. The molecule has 0 heterocycles. The first kappa shape index (κ1) is 15.8. The molecule has 0 unspecified atom stereocenters. The van der Waals surface area contributed by atoms with Crippen LogP contribution < -0.4 is 5.32 Å². The van der Waals surface area contributed by atoms with Crippen LogP contribution in [0.1, 0.15) is 43.7 Å². The molecule has 0 radical (unpaired) electrons. The van der Waals surface area contributed by atoms with Crippen LogP contribution >= 0.6 is 0 Å². The Morgan fingerprint density at radius 1 is 1.23 bits per heavy atom. The van der Waals surface area contributed by atoms with E-state index in [0.29, 0.717) is 11.5 Å². The van der Waals surface area contributed by atoms with Gasteiger partial charge in [0.15, 0.2) is 0 Å². The summed E-state index contributed by atoms with van der Waals surface area (Å²) in [4.78, 5) is 12.3. The molecule has 0 bridgehead atoms. The molecule has 0 saturated heterocycles. The molecule has 2 rings (SSSR count). The van der Waals surface area contributed by atoms with Gasteiger partial charge in [-0.3, -0.25) is 4.79 Å². The van der Waals surface area contributed by atoms with Crippen molar-refractivity contribution in [1.29, 1.82) is 10.5 Å². The predicted octanol–water partition coefficient (Wildman–Crippen LogP) is 3.16.